The number of carbonyl (C=O) groups is 1. The molecule has 0 saturated carbocycles. The van der Waals surface area contributed by atoms with Gasteiger partial charge in [0.05, 0.1) is 20.8 Å². The lowest BCUT2D eigenvalue weighted by atomic mass is 9.85. The van der Waals surface area contributed by atoms with E-state index in [1.807, 2.05) is 36.4 Å². The maximum atomic E-state index is 12.5. The van der Waals surface area contributed by atoms with E-state index >= 15 is 0 Å². The first-order valence-corrected chi connectivity index (χ1v) is 11.8. The summed E-state index contributed by atoms with van der Waals surface area (Å²) in [6, 6.07) is 15.9. The lowest BCUT2D eigenvalue weighted by Gasteiger charge is -2.28. The zero-order valence-corrected chi connectivity index (χ0v) is 20.8. The van der Waals surface area contributed by atoms with E-state index in [0.29, 0.717) is 5.11 Å². The Labute approximate surface area is 202 Å². The first kappa shape index (κ1) is 26.4. The van der Waals surface area contributed by atoms with E-state index in [0.717, 1.165) is 42.9 Å². The fourth-order valence-electron chi connectivity index (χ4n) is 3.61. The Morgan fingerprint density at radius 1 is 0.909 bits per heavy atom. The van der Waals surface area contributed by atoms with Crippen LogP contribution < -0.4 is 31.0 Å². The number of rotatable bonds is 12. The lowest BCUT2D eigenvalue weighted by Crippen LogP contribution is -2.49. The Kier molecular flexibility index (Phi) is 11.5. The van der Waals surface area contributed by atoms with Gasteiger partial charge >= 0.3 is 0 Å². The van der Waals surface area contributed by atoms with Crippen molar-refractivity contribution in [1.82, 2.24) is 21.5 Å². The normalized spacial score (nSPS) is 12.4. The van der Waals surface area contributed by atoms with Gasteiger partial charge in [0, 0.05) is 18.5 Å². The molecule has 0 aromatic heterocycles. The number of nitrogens with one attached hydrogen (secondary N) is 4. The van der Waals surface area contributed by atoms with Crippen LogP contribution in [0.2, 0.25) is 0 Å². The molecule has 2 atom stereocenters. The first-order chi connectivity index (χ1) is 16.0. The molecular formula is C25H36N4O3S. The summed E-state index contributed by atoms with van der Waals surface area (Å²) in [5.74, 6) is 1.57. The van der Waals surface area contributed by atoms with E-state index in [1.165, 1.54) is 5.56 Å². The highest BCUT2D eigenvalue weighted by molar-refractivity contribution is 7.80. The van der Waals surface area contributed by atoms with Crippen molar-refractivity contribution in [1.29, 1.82) is 0 Å². The highest BCUT2D eigenvalue weighted by Crippen LogP contribution is 2.35. The second kappa shape index (κ2) is 14.3. The van der Waals surface area contributed by atoms with Gasteiger partial charge in [-0.3, -0.25) is 15.6 Å². The van der Waals surface area contributed by atoms with Gasteiger partial charge in [0.15, 0.2) is 5.11 Å². The van der Waals surface area contributed by atoms with Gasteiger partial charge in [-0.25, -0.2) is 0 Å². The van der Waals surface area contributed by atoms with Crippen LogP contribution in [-0.4, -0.2) is 38.3 Å². The topological polar surface area (TPSA) is 83.7 Å². The van der Waals surface area contributed by atoms with Crippen molar-refractivity contribution in [2.24, 2.45) is 0 Å². The fourth-order valence-corrected chi connectivity index (χ4v) is 3.77. The molecule has 2 aromatic carbocycles. The molecule has 0 fully saturated rings. The number of hydrogen-bond acceptors (Lipinski definition) is 5. The minimum Gasteiger partial charge on any atom is -0.497 e. The van der Waals surface area contributed by atoms with Crippen molar-refractivity contribution < 1.29 is 14.3 Å². The van der Waals surface area contributed by atoms with Crippen molar-refractivity contribution in [2.75, 3.05) is 27.3 Å². The quantitative estimate of drug-likeness (QED) is 0.212. The molecule has 0 aliphatic carbocycles. The third kappa shape index (κ3) is 8.55. The molecule has 0 saturated heterocycles. The Morgan fingerprint density at radius 2 is 1.48 bits per heavy atom. The van der Waals surface area contributed by atoms with Gasteiger partial charge in [0.25, 0.3) is 5.91 Å². The molecular weight excluding hydrogens is 436 g/mol. The van der Waals surface area contributed by atoms with Gasteiger partial charge < -0.3 is 20.1 Å². The molecule has 0 aliphatic rings. The Morgan fingerprint density at radius 3 is 2.00 bits per heavy atom. The van der Waals surface area contributed by atoms with Crippen LogP contribution in [0.15, 0.2) is 48.5 Å². The molecule has 8 heteroatoms. The summed E-state index contributed by atoms with van der Waals surface area (Å²) in [6.07, 6.45) is 2.98. The van der Waals surface area contributed by atoms with Crippen LogP contribution in [0.4, 0.5) is 0 Å². The first-order valence-electron chi connectivity index (χ1n) is 11.4. The van der Waals surface area contributed by atoms with Crippen LogP contribution in [0.1, 0.15) is 56.2 Å². The molecule has 180 valence electrons. The molecule has 0 radical (unpaired) electrons. The maximum absolute atomic E-state index is 12.5. The van der Waals surface area contributed by atoms with Crippen molar-refractivity contribution in [3.63, 3.8) is 0 Å². The SMILES string of the molecule is CCCCNC(=S)NNC(=O)CNC(c1ccc(OC)cc1)C(CC)c1ccc(OC)cc1. The molecule has 7 nitrogen and oxygen atoms in total. The van der Waals surface area contributed by atoms with Gasteiger partial charge in [-0.05, 0) is 60.5 Å². The highest BCUT2D eigenvalue weighted by atomic mass is 32.1. The molecule has 4 N–H and O–H groups in total. The predicted octanol–water partition coefficient (Wildman–Crippen LogP) is 3.82. The summed E-state index contributed by atoms with van der Waals surface area (Å²) in [6.45, 7) is 5.17. The minimum absolute atomic E-state index is 0.0744. The van der Waals surface area contributed by atoms with Gasteiger partial charge in [-0.1, -0.05) is 44.5 Å². The molecule has 33 heavy (non-hydrogen) atoms. The van der Waals surface area contributed by atoms with Crippen LogP contribution in [-0.2, 0) is 4.79 Å². The summed E-state index contributed by atoms with van der Waals surface area (Å²) < 4.78 is 10.6. The molecule has 1 amide bonds. The largest absolute Gasteiger partial charge is 0.497 e. The summed E-state index contributed by atoms with van der Waals surface area (Å²) in [7, 11) is 3.31. The van der Waals surface area contributed by atoms with Crippen LogP contribution in [0, 0.1) is 0 Å². The van der Waals surface area contributed by atoms with E-state index in [2.05, 4.69) is 47.5 Å². The zero-order valence-electron chi connectivity index (χ0n) is 19.9. The van der Waals surface area contributed by atoms with Gasteiger partial charge in [-0.2, -0.15) is 0 Å². The molecule has 2 rings (SSSR count). The second-order valence-corrected chi connectivity index (χ2v) is 8.11. The number of carbonyl (C=O) groups excluding carboxylic acids is 1. The van der Waals surface area contributed by atoms with E-state index in [9.17, 15) is 4.79 Å². The van der Waals surface area contributed by atoms with Crippen LogP contribution in [0.3, 0.4) is 0 Å². The standard InChI is InChI=1S/C25H36N4O3S/c1-5-7-16-26-25(33)29-28-23(30)17-27-24(19-10-14-21(32-4)15-11-19)22(6-2)18-8-12-20(31-3)13-9-18/h8-15,22,24,27H,5-7,16-17H2,1-4H3,(H,28,30)(H2,26,29,33). The Hall–Kier alpha value is -2.84. The highest BCUT2D eigenvalue weighted by Gasteiger charge is 2.24. The number of hydrogen-bond donors (Lipinski definition) is 4. The molecule has 2 aromatic rings. The van der Waals surface area contributed by atoms with Crippen LogP contribution >= 0.6 is 12.2 Å². The molecule has 0 heterocycles. The number of unbranched alkanes of at least 4 members (excludes halogenated alkanes) is 1. The summed E-state index contributed by atoms with van der Waals surface area (Å²) in [4.78, 5) is 12.5. The van der Waals surface area contributed by atoms with Gasteiger partial charge in [0.2, 0.25) is 0 Å². The van der Waals surface area contributed by atoms with E-state index in [-0.39, 0.29) is 24.4 Å². The third-order valence-corrected chi connectivity index (χ3v) is 5.72. The van der Waals surface area contributed by atoms with Crippen molar-refractivity contribution in [3.05, 3.63) is 59.7 Å². The molecule has 0 spiro atoms. The van der Waals surface area contributed by atoms with Crippen molar-refractivity contribution >= 4 is 23.2 Å². The van der Waals surface area contributed by atoms with E-state index < -0.39 is 0 Å². The Balaban J connectivity index is 2.10. The Bertz CT molecular complexity index is 859. The molecule has 0 aliphatic heterocycles. The molecule has 2 unspecified atom stereocenters. The van der Waals surface area contributed by atoms with E-state index in [1.54, 1.807) is 14.2 Å². The number of amides is 1. The van der Waals surface area contributed by atoms with Crippen molar-refractivity contribution in [3.8, 4) is 11.5 Å². The second-order valence-electron chi connectivity index (χ2n) is 7.70. The minimum atomic E-state index is -0.197. The molecule has 0 bridgehead atoms. The van der Waals surface area contributed by atoms with Crippen LogP contribution in [0.5, 0.6) is 11.5 Å². The van der Waals surface area contributed by atoms with Crippen molar-refractivity contribution in [2.45, 2.75) is 45.1 Å². The number of thiocarbonyl (C=S) groups is 1. The summed E-state index contributed by atoms with van der Waals surface area (Å²) in [5, 5.41) is 6.91. The van der Waals surface area contributed by atoms with Gasteiger partial charge in [0.1, 0.15) is 11.5 Å². The summed E-state index contributed by atoms with van der Waals surface area (Å²) >= 11 is 5.19. The smallest absolute Gasteiger partial charge is 0.252 e. The third-order valence-electron chi connectivity index (χ3n) is 5.47. The number of methoxy groups -OCH3 is 2. The average Bonchev–Trinajstić information content (AvgIpc) is 2.85. The average molecular weight is 473 g/mol. The fraction of sp³-hybridized carbons (Fsp3) is 0.440. The lowest BCUT2D eigenvalue weighted by molar-refractivity contribution is -0.121. The summed E-state index contributed by atoms with van der Waals surface area (Å²) in [5.41, 5.74) is 7.66. The monoisotopic (exact) mass is 472 g/mol. The number of hydrazine groups is 1. The maximum Gasteiger partial charge on any atom is 0.252 e. The number of benzene rings is 2. The zero-order chi connectivity index (χ0) is 24.1. The van der Waals surface area contributed by atoms with E-state index in [4.69, 9.17) is 21.7 Å². The number of ether oxygens (including phenoxy) is 2. The van der Waals surface area contributed by atoms with Gasteiger partial charge in [-0.15, -0.1) is 0 Å². The van der Waals surface area contributed by atoms with Crippen LogP contribution in [0.25, 0.3) is 0 Å². The predicted molar refractivity (Wildman–Crippen MR) is 137 cm³/mol.